The average Bonchev–Trinajstić information content (AvgIpc) is 2.03. The van der Waals surface area contributed by atoms with Crippen molar-refractivity contribution in [1.29, 1.82) is 0 Å². The Morgan fingerprint density at radius 3 is 2.82 bits per heavy atom. The van der Waals surface area contributed by atoms with E-state index in [9.17, 15) is 4.79 Å². The van der Waals surface area contributed by atoms with E-state index in [1.165, 1.54) is 7.11 Å². The van der Waals surface area contributed by atoms with Gasteiger partial charge in [-0.15, -0.1) is 0 Å². The summed E-state index contributed by atoms with van der Waals surface area (Å²) in [6.07, 6.45) is 0. The lowest BCUT2D eigenvalue weighted by molar-refractivity contribution is -0.119. The fourth-order valence-electron chi connectivity index (χ4n) is 0.607. The molecule has 1 unspecified atom stereocenters. The highest BCUT2D eigenvalue weighted by Gasteiger charge is 2.08. The molecule has 11 heavy (non-hydrogen) atoms. The third-order valence-electron chi connectivity index (χ3n) is 1.07. The first kappa shape index (κ1) is 10.9. The predicted octanol–water partition coefficient (Wildman–Crippen LogP) is -0.495. The van der Waals surface area contributed by atoms with Crippen LogP contribution in [0, 0.1) is 0 Å². The van der Waals surface area contributed by atoms with Crippen molar-refractivity contribution in [2.24, 2.45) is 0 Å². The van der Waals surface area contributed by atoms with Crippen molar-refractivity contribution in [2.45, 2.75) is 6.04 Å². The molecule has 1 atom stereocenters. The molecule has 0 saturated heterocycles. The molecule has 0 aromatic carbocycles. The molecule has 0 rings (SSSR count). The van der Waals surface area contributed by atoms with Gasteiger partial charge in [0, 0.05) is 7.11 Å². The summed E-state index contributed by atoms with van der Waals surface area (Å²) in [5.74, 6) is -0.152. The summed E-state index contributed by atoms with van der Waals surface area (Å²) < 4.78 is 4.75. The quantitative estimate of drug-likeness (QED) is 0.621. The van der Waals surface area contributed by atoms with Crippen molar-refractivity contribution in [3.05, 3.63) is 0 Å². The topological polar surface area (TPSA) is 58.6 Å². The molecule has 0 saturated carbocycles. The Hall–Kier alpha value is -0.130. The number of ether oxygens (including phenoxy) is 1. The van der Waals surface area contributed by atoms with Crippen molar-refractivity contribution >= 4 is 21.8 Å². The normalized spacial score (nSPS) is 12.6. The van der Waals surface area contributed by atoms with Crippen LogP contribution in [0.2, 0.25) is 0 Å². The number of carbonyl (C=O) groups is 1. The number of halogens is 1. The highest BCUT2D eigenvalue weighted by molar-refractivity contribution is 9.09. The summed E-state index contributed by atoms with van der Waals surface area (Å²) in [6.45, 7) is 0.224. The van der Waals surface area contributed by atoms with Crippen LogP contribution in [0.25, 0.3) is 0 Å². The van der Waals surface area contributed by atoms with Gasteiger partial charge in [0.2, 0.25) is 5.91 Å². The molecule has 66 valence electrons. The van der Waals surface area contributed by atoms with Crippen molar-refractivity contribution in [2.75, 3.05) is 25.7 Å². The van der Waals surface area contributed by atoms with Gasteiger partial charge in [-0.05, 0) is 0 Å². The van der Waals surface area contributed by atoms with E-state index in [0.29, 0.717) is 6.61 Å². The van der Waals surface area contributed by atoms with Crippen molar-refractivity contribution < 1.29 is 14.6 Å². The van der Waals surface area contributed by atoms with Crippen LogP contribution in [0.3, 0.4) is 0 Å². The fourth-order valence-corrected chi connectivity index (χ4v) is 0.769. The number of rotatable bonds is 5. The third kappa shape index (κ3) is 5.17. The van der Waals surface area contributed by atoms with Crippen LogP contribution in [0.4, 0.5) is 0 Å². The molecule has 0 aliphatic heterocycles. The van der Waals surface area contributed by atoms with Gasteiger partial charge in [0.25, 0.3) is 0 Å². The maximum Gasteiger partial charge on any atom is 0.231 e. The Morgan fingerprint density at radius 1 is 1.82 bits per heavy atom. The molecular formula is C6H12BrNO3. The Morgan fingerprint density at radius 2 is 2.45 bits per heavy atom. The number of nitrogens with one attached hydrogen (secondary N) is 1. The molecule has 4 nitrogen and oxygen atoms in total. The number of hydrogen-bond donors (Lipinski definition) is 2. The lowest BCUT2D eigenvalue weighted by Gasteiger charge is -2.13. The number of hydrogen-bond acceptors (Lipinski definition) is 3. The summed E-state index contributed by atoms with van der Waals surface area (Å²) in [5, 5.41) is 11.5. The maximum absolute atomic E-state index is 10.7. The molecule has 0 spiro atoms. The average molecular weight is 226 g/mol. The van der Waals surface area contributed by atoms with E-state index >= 15 is 0 Å². The standard InChI is InChI=1S/C6H12BrNO3/c1-11-4-5(3-9)8-6(10)2-7/h5,9H,2-4H2,1H3,(H,8,10). The largest absolute Gasteiger partial charge is 0.394 e. The monoisotopic (exact) mass is 225 g/mol. The van der Waals surface area contributed by atoms with E-state index in [-0.39, 0.29) is 23.9 Å². The van der Waals surface area contributed by atoms with Crippen LogP contribution in [-0.4, -0.2) is 42.7 Å². The van der Waals surface area contributed by atoms with E-state index in [0.717, 1.165) is 0 Å². The minimum Gasteiger partial charge on any atom is -0.394 e. The first-order valence-corrected chi connectivity index (χ1v) is 4.31. The van der Waals surface area contributed by atoms with E-state index in [1.54, 1.807) is 0 Å². The molecule has 5 heteroatoms. The Labute approximate surface area is 74.1 Å². The van der Waals surface area contributed by atoms with Gasteiger partial charge < -0.3 is 15.2 Å². The number of aliphatic hydroxyl groups excluding tert-OH is 1. The molecule has 0 aliphatic carbocycles. The second kappa shape index (κ2) is 6.57. The molecule has 0 aliphatic rings. The molecule has 2 N–H and O–H groups in total. The minimum absolute atomic E-state index is 0.105. The zero-order valence-corrected chi connectivity index (χ0v) is 7.93. The molecule has 0 aromatic rings. The summed E-state index contributed by atoms with van der Waals surface area (Å²) in [4.78, 5) is 10.7. The highest BCUT2D eigenvalue weighted by Crippen LogP contribution is 1.85. The molecule has 0 radical (unpaired) electrons. The van der Waals surface area contributed by atoms with Gasteiger partial charge >= 0.3 is 0 Å². The van der Waals surface area contributed by atoms with Crippen LogP contribution in [0.1, 0.15) is 0 Å². The fraction of sp³-hybridized carbons (Fsp3) is 0.833. The molecular weight excluding hydrogens is 214 g/mol. The minimum atomic E-state index is -0.301. The SMILES string of the molecule is COCC(CO)NC(=O)CBr. The van der Waals surface area contributed by atoms with Crippen LogP contribution >= 0.6 is 15.9 Å². The molecule has 0 fully saturated rings. The van der Waals surface area contributed by atoms with E-state index in [1.807, 2.05) is 0 Å². The Balaban J connectivity index is 3.58. The predicted molar refractivity (Wildman–Crippen MR) is 44.7 cm³/mol. The van der Waals surface area contributed by atoms with Crippen LogP contribution in [0.15, 0.2) is 0 Å². The van der Waals surface area contributed by atoms with Gasteiger partial charge in [-0.25, -0.2) is 0 Å². The molecule has 0 aromatic heterocycles. The van der Waals surface area contributed by atoms with Crippen molar-refractivity contribution in [3.8, 4) is 0 Å². The number of alkyl halides is 1. The number of methoxy groups -OCH3 is 1. The first-order valence-electron chi connectivity index (χ1n) is 3.19. The smallest absolute Gasteiger partial charge is 0.231 e. The lowest BCUT2D eigenvalue weighted by atomic mass is 10.3. The zero-order valence-electron chi connectivity index (χ0n) is 6.34. The van der Waals surface area contributed by atoms with Gasteiger partial charge in [-0.1, -0.05) is 15.9 Å². The molecule has 1 amide bonds. The third-order valence-corrected chi connectivity index (χ3v) is 1.58. The first-order chi connectivity index (χ1) is 5.24. The molecule has 0 bridgehead atoms. The highest BCUT2D eigenvalue weighted by atomic mass is 79.9. The number of amides is 1. The van der Waals surface area contributed by atoms with Crippen LogP contribution < -0.4 is 5.32 Å². The summed E-state index contributed by atoms with van der Waals surface area (Å²) in [7, 11) is 1.52. The van der Waals surface area contributed by atoms with Gasteiger partial charge in [0.1, 0.15) is 0 Å². The van der Waals surface area contributed by atoms with E-state index in [2.05, 4.69) is 21.2 Å². The van der Waals surface area contributed by atoms with E-state index in [4.69, 9.17) is 9.84 Å². The molecule has 0 heterocycles. The van der Waals surface area contributed by atoms with Crippen molar-refractivity contribution in [3.63, 3.8) is 0 Å². The van der Waals surface area contributed by atoms with Gasteiger partial charge in [-0.2, -0.15) is 0 Å². The second-order valence-corrected chi connectivity index (χ2v) is 2.60. The zero-order chi connectivity index (χ0) is 8.69. The van der Waals surface area contributed by atoms with Gasteiger partial charge in [0.05, 0.1) is 24.6 Å². The summed E-state index contributed by atoms with van der Waals surface area (Å²) in [6, 6.07) is -0.301. The lowest BCUT2D eigenvalue weighted by Crippen LogP contribution is -2.41. The summed E-state index contributed by atoms with van der Waals surface area (Å²) >= 11 is 2.99. The Kier molecular flexibility index (Phi) is 6.49. The summed E-state index contributed by atoms with van der Waals surface area (Å²) in [5.41, 5.74) is 0. The second-order valence-electron chi connectivity index (χ2n) is 2.04. The number of aliphatic hydroxyl groups is 1. The van der Waals surface area contributed by atoms with Crippen molar-refractivity contribution in [1.82, 2.24) is 5.32 Å². The van der Waals surface area contributed by atoms with Gasteiger partial charge in [0.15, 0.2) is 0 Å². The van der Waals surface area contributed by atoms with E-state index < -0.39 is 0 Å². The Bertz CT molecular complexity index is 120. The van der Waals surface area contributed by atoms with Gasteiger partial charge in [-0.3, -0.25) is 4.79 Å². The van der Waals surface area contributed by atoms with Crippen LogP contribution in [0.5, 0.6) is 0 Å². The number of carbonyl (C=O) groups excluding carboxylic acids is 1. The maximum atomic E-state index is 10.7. The van der Waals surface area contributed by atoms with Crippen LogP contribution in [-0.2, 0) is 9.53 Å².